The Morgan fingerprint density at radius 3 is 3.31 bits per heavy atom. The topological polar surface area (TPSA) is 41.1 Å². The van der Waals surface area contributed by atoms with Crippen molar-refractivity contribution in [3.05, 3.63) is 29.0 Å². The van der Waals surface area contributed by atoms with Gasteiger partial charge >= 0.3 is 0 Å². The van der Waals surface area contributed by atoms with Gasteiger partial charge in [0.05, 0.1) is 17.5 Å². The summed E-state index contributed by atoms with van der Waals surface area (Å²) < 4.78 is 1.98. The van der Waals surface area contributed by atoms with E-state index in [1.54, 1.807) is 17.4 Å². The van der Waals surface area contributed by atoms with Crippen molar-refractivity contribution in [3.63, 3.8) is 0 Å². The van der Waals surface area contributed by atoms with E-state index in [1.807, 2.05) is 29.0 Å². The van der Waals surface area contributed by atoms with Gasteiger partial charge in [-0.1, -0.05) is 0 Å². The molecule has 0 saturated carbocycles. The summed E-state index contributed by atoms with van der Waals surface area (Å²) in [5.41, 5.74) is 1.94. The summed E-state index contributed by atoms with van der Waals surface area (Å²) in [4.78, 5) is 5.31. The minimum absolute atomic E-state index is 0.957. The molecule has 0 amide bonds. The molecule has 0 unspecified atom stereocenters. The van der Waals surface area contributed by atoms with E-state index in [4.69, 9.17) is 5.26 Å². The molecule has 0 N–H and O–H groups in total. The van der Waals surface area contributed by atoms with Gasteiger partial charge in [-0.3, -0.25) is 4.40 Å². The SMILES string of the molecule is Cc1nc2sccn2c1C=CC#N. The summed E-state index contributed by atoms with van der Waals surface area (Å²) in [5, 5.41) is 10.4. The highest BCUT2D eigenvalue weighted by Gasteiger charge is 2.05. The van der Waals surface area contributed by atoms with E-state index in [-0.39, 0.29) is 0 Å². The zero-order valence-electron chi connectivity index (χ0n) is 7.06. The maximum atomic E-state index is 8.41. The highest BCUT2D eigenvalue weighted by Crippen LogP contribution is 2.17. The molecule has 0 aliphatic heterocycles. The first kappa shape index (κ1) is 8.02. The van der Waals surface area contributed by atoms with Crippen LogP contribution in [0.2, 0.25) is 0 Å². The summed E-state index contributed by atoms with van der Waals surface area (Å²) in [6.45, 7) is 1.94. The molecule has 0 atom stereocenters. The van der Waals surface area contributed by atoms with E-state index in [2.05, 4.69) is 4.98 Å². The highest BCUT2D eigenvalue weighted by molar-refractivity contribution is 7.15. The molecule has 2 heterocycles. The maximum Gasteiger partial charge on any atom is 0.194 e. The smallest absolute Gasteiger partial charge is 0.194 e. The normalized spacial score (nSPS) is 11.1. The number of hydrogen-bond acceptors (Lipinski definition) is 3. The van der Waals surface area contributed by atoms with Crippen LogP contribution in [0, 0.1) is 18.3 Å². The summed E-state index contributed by atoms with van der Waals surface area (Å²) in [7, 11) is 0. The Bertz CT molecular complexity index is 498. The molecule has 2 rings (SSSR count). The second-order valence-electron chi connectivity index (χ2n) is 2.60. The van der Waals surface area contributed by atoms with Crippen molar-refractivity contribution in [2.24, 2.45) is 0 Å². The Morgan fingerprint density at radius 2 is 2.54 bits per heavy atom. The molecule has 0 saturated heterocycles. The van der Waals surface area contributed by atoms with Crippen molar-refractivity contribution < 1.29 is 0 Å². The van der Waals surface area contributed by atoms with Gasteiger partial charge in [0, 0.05) is 17.7 Å². The van der Waals surface area contributed by atoms with Crippen LogP contribution >= 0.6 is 11.3 Å². The Balaban J connectivity index is 2.65. The van der Waals surface area contributed by atoms with E-state index < -0.39 is 0 Å². The Morgan fingerprint density at radius 1 is 1.69 bits per heavy atom. The van der Waals surface area contributed by atoms with Crippen LogP contribution in [0.1, 0.15) is 11.4 Å². The van der Waals surface area contributed by atoms with Crippen molar-refractivity contribution in [1.82, 2.24) is 9.38 Å². The molecule has 0 spiro atoms. The van der Waals surface area contributed by atoms with Crippen LogP contribution in [-0.4, -0.2) is 9.38 Å². The molecule has 2 aromatic rings. The van der Waals surface area contributed by atoms with Crippen LogP contribution in [-0.2, 0) is 0 Å². The third kappa shape index (κ3) is 1.23. The molecule has 3 nitrogen and oxygen atoms in total. The Kier molecular flexibility index (Phi) is 1.87. The fraction of sp³-hybridized carbons (Fsp3) is 0.111. The van der Waals surface area contributed by atoms with Gasteiger partial charge in [-0.15, -0.1) is 11.3 Å². The molecule has 2 aromatic heterocycles. The molecular formula is C9H7N3S. The van der Waals surface area contributed by atoms with Gasteiger partial charge in [0.25, 0.3) is 0 Å². The minimum atomic E-state index is 0.957. The molecule has 0 bridgehead atoms. The average Bonchev–Trinajstić information content (AvgIpc) is 2.62. The third-order valence-electron chi connectivity index (χ3n) is 1.80. The molecule has 0 aromatic carbocycles. The fourth-order valence-corrected chi connectivity index (χ4v) is 2.00. The molecule has 0 radical (unpaired) electrons. The number of rotatable bonds is 1. The molecule has 0 fully saturated rings. The second kappa shape index (κ2) is 3.04. The molecule has 4 heteroatoms. The number of aromatic nitrogens is 2. The monoisotopic (exact) mass is 189 g/mol. The number of fused-ring (bicyclic) bond motifs is 1. The van der Waals surface area contributed by atoms with Gasteiger partial charge in [-0.2, -0.15) is 5.26 Å². The number of allylic oxidation sites excluding steroid dienone is 1. The second-order valence-corrected chi connectivity index (χ2v) is 3.47. The van der Waals surface area contributed by atoms with Gasteiger partial charge in [0.15, 0.2) is 4.96 Å². The van der Waals surface area contributed by atoms with Gasteiger partial charge in [-0.25, -0.2) is 4.98 Å². The third-order valence-corrected chi connectivity index (χ3v) is 2.56. The maximum absolute atomic E-state index is 8.41. The average molecular weight is 189 g/mol. The van der Waals surface area contributed by atoms with Crippen LogP contribution < -0.4 is 0 Å². The van der Waals surface area contributed by atoms with Crippen molar-refractivity contribution in [2.45, 2.75) is 6.92 Å². The largest absolute Gasteiger partial charge is 0.291 e. The fourth-order valence-electron chi connectivity index (χ4n) is 1.23. The number of aryl methyl sites for hydroxylation is 1. The quantitative estimate of drug-likeness (QED) is 0.645. The summed E-state index contributed by atoms with van der Waals surface area (Å²) in [6, 6.07) is 1.97. The van der Waals surface area contributed by atoms with Crippen LogP contribution in [0.3, 0.4) is 0 Å². The number of imidazole rings is 1. The van der Waals surface area contributed by atoms with Crippen molar-refractivity contribution in [2.75, 3.05) is 0 Å². The first-order valence-corrected chi connectivity index (χ1v) is 4.69. The lowest BCUT2D eigenvalue weighted by molar-refractivity contribution is 1.19. The van der Waals surface area contributed by atoms with Crippen molar-refractivity contribution in [3.8, 4) is 6.07 Å². The van der Waals surface area contributed by atoms with E-state index in [9.17, 15) is 0 Å². The van der Waals surface area contributed by atoms with Crippen LogP contribution in [0.5, 0.6) is 0 Å². The lowest BCUT2D eigenvalue weighted by Crippen LogP contribution is -1.81. The lowest BCUT2D eigenvalue weighted by atomic mass is 10.3. The van der Waals surface area contributed by atoms with Crippen LogP contribution in [0.15, 0.2) is 17.7 Å². The standard InChI is InChI=1S/C9H7N3S/c1-7-8(3-2-4-10)12-5-6-13-9(12)11-7/h2-3,5-6H,1H3. The van der Waals surface area contributed by atoms with E-state index in [0.717, 1.165) is 16.3 Å². The minimum Gasteiger partial charge on any atom is -0.291 e. The first-order valence-electron chi connectivity index (χ1n) is 3.81. The highest BCUT2D eigenvalue weighted by atomic mass is 32.1. The summed E-state index contributed by atoms with van der Waals surface area (Å²) in [6.07, 6.45) is 5.20. The molecule has 0 aliphatic rings. The number of nitrogens with zero attached hydrogens (tertiary/aromatic N) is 3. The Hall–Kier alpha value is -1.60. The van der Waals surface area contributed by atoms with Gasteiger partial charge in [0.1, 0.15) is 0 Å². The molecule has 13 heavy (non-hydrogen) atoms. The molecule has 64 valence electrons. The zero-order valence-corrected chi connectivity index (χ0v) is 7.88. The van der Waals surface area contributed by atoms with Crippen LogP contribution in [0.4, 0.5) is 0 Å². The van der Waals surface area contributed by atoms with Crippen molar-refractivity contribution >= 4 is 22.4 Å². The van der Waals surface area contributed by atoms with E-state index in [0.29, 0.717) is 0 Å². The molecular weight excluding hydrogens is 182 g/mol. The predicted molar refractivity (Wildman–Crippen MR) is 52.5 cm³/mol. The number of nitriles is 1. The molecule has 0 aliphatic carbocycles. The number of thiazole rings is 1. The van der Waals surface area contributed by atoms with Crippen molar-refractivity contribution in [1.29, 1.82) is 5.26 Å². The summed E-state index contributed by atoms with van der Waals surface area (Å²) in [5.74, 6) is 0. The van der Waals surface area contributed by atoms with Crippen LogP contribution in [0.25, 0.3) is 11.0 Å². The van der Waals surface area contributed by atoms with E-state index >= 15 is 0 Å². The van der Waals surface area contributed by atoms with Gasteiger partial charge in [-0.05, 0) is 13.0 Å². The first-order chi connectivity index (χ1) is 6.33. The van der Waals surface area contributed by atoms with Gasteiger partial charge < -0.3 is 0 Å². The lowest BCUT2D eigenvalue weighted by Gasteiger charge is -1.89. The zero-order chi connectivity index (χ0) is 9.26. The Labute approximate surface area is 79.6 Å². The van der Waals surface area contributed by atoms with Gasteiger partial charge in [0.2, 0.25) is 0 Å². The predicted octanol–water partition coefficient (Wildman–Crippen LogP) is 2.24. The summed E-state index contributed by atoms with van der Waals surface area (Å²) >= 11 is 1.59. The number of hydrogen-bond donors (Lipinski definition) is 0. The van der Waals surface area contributed by atoms with E-state index in [1.165, 1.54) is 6.08 Å².